The van der Waals surface area contributed by atoms with Crippen LogP contribution >= 0.6 is 0 Å². The van der Waals surface area contributed by atoms with Gasteiger partial charge in [0, 0.05) is 25.8 Å². The maximum Gasteiger partial charge on any atom is 0.321 e. The van der Waals surface area contributed by atoms with Crippen LogP contribution in [0.25, 0.3) is 0 Å². The first kappa shape index (κ1) is 11.9. The Balaban J connectivity index is 2.18. The maximum atomic E-state index is 11.8. The molecule has 1 heterocycles. The molecule has 2 N–H and O–H groups in total. The second kappa shape index (κ2) is 5.19. The molecule has 2 amide bonds. The molecule has 0 unspecified atom stereocenters. The van der Waals surface area contributed by atoms with Crippen molar-refractivity contribution in [1.82, 2.24) is 10.2 Å². The average Bonchev–Trinajstić information content (AvgIpc) is 2.38. The quantitative estimate of drug-likeness (QED) is 0.818. The summed E-state index contributed by atoms with van der Waals surface area (Å²) in [7, 11) is 1.80. The Hall–Kier alpha value is -1.55. The highest BCUT2D eigenvalue weighted by molar-refractivity contribution is 5.90. The number of carbonyl (C=O) groups excluding carboxylic acids is 1. The standard InChI is InChI=1S/C13H19N3O/c1-3-16(2)13(17)15-12-6-4-5-10-9-14-8-7-11(10)12/h4-6,14H,3,7-9H2,1-2H3,(H,15,17). The lowest BCUT2D eigenvalue weighted by Gasteiger charge is -2.22. The number of urea groups is 1. The van der Waals surface area contributed by atoms with E-state index in [-0.39, 0.29) is 6.03 Å². The highest BCUT2D eigenvalue weighted by Gasteiger charge is 2.14. The lowest BCUT2D eigenvalue weighted by atomic mass is 9.99. The molecule has 0 aromatic heterocycles. The molecule has 0 fully saturated rings. The van der Waals surface area contributed by atoms with Gasteiger partial charge in [-0.25, -0.2) is 4.79 Å². The van der Waals surface area contributed by atoms with Crippen LogP contribution < -0.4 is 10.6 Å². The van der Waals surface area contributed by atoms with E-state index in [0.717, 1.165) is 25.2 Å². The normalized spacial score (nSPS) is 14.0. The molecular weight excluding hydrogens is 214 g/mol. The molecule has 0 bridgehead atoms. The first-order valence-electron chi connectivity index (χ1n) is 6.06. The third-order valence-corrected chi connectivity index (χ3v) is 3.20. The van der Waals surface area contributed by atoms with E-state index >= 15 is 0 Å². The van der Waals surface area contributed by atoms with Crippen LogP contribution in [0.4, 0.5) is 10.5 Å². The van der Waals surface area contributed by atoms with Gasteiger partial charge in [0.15, 0.2) is 0 Å². The number of hydrogen-bond acceptors (Lipinski definition) is 2. The van der Waals surface area contributed by atoms with E-state index in [4.69, 9.17) is 0 Å². The van der Waals surface area contributed by atoms with E-state index in [1.54, 1.807) is 11.9 Å². The van der Waals surface area contributed by atoms with Crippen molar-refractivity contribution < 1.29 is 4.79 Å². The molecule has 1 aliphatic heterocycles. The summed E-state index contributed by atoms with van der Waals surface area (Å²) in [5, 5.41) is 6.31. The number of rotatable bonds is 2. The number of fused-ring (bicyclic) bond motifs is 1. The minimum absolute atomic E-state index is 0.0422. The Morgan fingerprint density at radius 2 is 2.35 bits per heavy atom. The first-order chi connectivity index (χ1) is 8.22. The molecule has 2 rings (SSSR count). The molecule has 17 heavy (non-hydrogen) atoms. The molecule has 0 saturated carbocycles. The van der Waals surface area contributed by atoms with Gasteiger partial charge in [0.1, 0.15) is 0 Å². The fraction of sp³-hybridized carbons (Fsp3) is 0.462. The summed E-state index contributed by atoms with van der Waals surface area (Å²) in [5.74, 6) is 0. The van der Waals surface area contributed by atoms with Crippen molar-refractivity contribution in [3.8, 4) is 0 Å². The summed E-state index contributed by atoms with van der Waals surface area (Å²) in [6, 6.07) is 6.04. The van der Waals surface area contributed by atoms with Gasteiger partial charge in [-0.05, 0) is 37.1 Å². The summed E-state index contributed by atoms with van der Waals surface area (Å²) in [4.78, 5) is 13.5. The predicted molar refractivity (Wildman–Crippen MR) is 69.2 cm³/mol. The van der Waals surface area contributed by atoms with Crippen LogP contribution in [0.2, 0.25) is 0 Å². The molecule has 1 aliphatic rings. The number of carbonyl (C=O) groups is 1. The van der Waals surface area contributed by atoms with Crippen molar-refractivity contribution in [3.63, 3.8) is 0 Å². The largest absolute Gasteiger partial charge is 0.328 e. The number of anilines is 1. The van der Waals surface area contributed by atoms with Crippen molar-refractivity contribution in [3.05, 3.63) is 29.3 Å². The molecule has 4 nitrogen and oxygen atoms in total. The molecule has 1 aromatic rings. The van der Waals surface area contributed by atoms with Crippen LogP contribution in [0.3, 0.4) is 0 Å². The smallest absolute Gasteiger partial charge is 0.321 e. The summed E-state index contributed by atoms with van der Waals surface area (Å²) in [5.41, 5.74) is 3.51. The SMILES string of the molecule is CCN(C)C(=O)Nc1cccc2c1CCNC2. The lowest BCUT2D eigenvalue weighted by molar-refractivity contribution is 0.224. The Morgan fingerprint density at radius 1 is 1.53 bits per heavy atom. The molecule has 0 aliphatic carbocycles. The van der Waals surface area contributed by atoms with Crippen LogP contribution in [0, 0.1) is 0 Å². The molecule has 0 radical (unpaired) electrons. The Labute approximate surface area is 102 Å². The second-order valence-electron chi connectivity index (χ2n) is 4.31. The number of hydrogen-bond donors (Lipinski definition) is 2. The van der Waals surface area contributed by atoms with Crippen molar-refractivity contribution in [1.29, 1.82) is 0 Å². The minimum Gasteiger partial charge on any atom is -0.328 e. The van der Waals surface area contributed by atoms with Gasteiger partial charge >= 0.3 is 6.03 Å². The molecule has 1 aromatic carbocycles. The van der Waals surface area contributed by atoms with E-state index in [1.165, 1.54) is 11.1 Å². The average molecular weight is 233 g/mol. The van der Waals surface area contributed by atoms with Gasteiger partial charge in [0.05, 0.1) is 0 Å². The zero-order chi connectivity index (χ0) is 12.3. The zero-order valence-electron chi connectivity index (χ0n) is 10.4. The second-order valence-corrected chi connectivity index (χ2v) is 4.31. The first-order valence-corrected chi connectivity index (χ1v) is 6.06. The summed E-state index contributed by atoms with van der Waals surface area (Å²) in [6.45, 7) is 4.54. The number of nitrogens with zero attached hydrogens (tertiary/aromatic N) is 1. The van der Waals surface area contributed by atoms with E-state index in [2.05, 4.69) is 16.7 Å². The van der Waals surface area contributed by atoms with Crippen molar-refractivity contribution in [2.75, 3.05) is 25.5 Å². The van der Waals surface area contributed by atoms with E-state index in [9.17, 15) is 4.79 Å². The molecule has 4 heteroatoms. The zero-order valence-corrected chi connectivity index (χ0v) is 10.4. The van der Waals surface area contributed by atoms with Gasteiger partial charge in [0.25, 0.3) is 0 Å². The fourth-order valence-electron chi connectivity index (χ4n) is 2.00. The Bertz CT molecular complexity index is 417. The van der Waals surface area contributed by atoms with Crippen LogP contribution in [0.1, 0.15) is 18.1 Å². The topological polar surface area (TPSA) is 44.4 Å². The van der Waals surface area contributed by atoms with Gasteiger partial charge in [-0.2, -0.15) is 0 Å². The van der Waals surface area contributed by atoms with Gasteiger partial charge in [-0.15, -0.1) is 0 Å². The third-order valence-electron chi connectivity index (χ3n) is 3.20. The molecule has 0 spiro atoms. The predicted octanol–water partition coefficient (Wildman–Crippen LogP) is 1.82. The maximum absolute atomic E-state index is 11.8. The number of benzene rings is 1. The third kappa shape index (κ3) is 2.58. The number of amides is 2. The van der Waals surface area contributed by atoms with Crippen LogP contribution in [0.15, 0.2) is 18.2 Å². The van der Waals surface area contributed by atoms with Crippen molar-refractivity contribution in [2.24, 2.45) is 0 Å². The van der Waals surface area contributed by atoms with Crippen LogP contribution in [0.5, 0.6) is 0 Å². The molecular formula is C13H19N3O. The molecule has 0 saturated heterocycles. The van der Waals surface area contributed by atoms with Gasteiger partial charge in [-0.1, -0.05) is 12.1 Å². The summed E-state index contributed by atoms with van der Waals surface area (Å²) >= 11 is 0. The highest BCUT2D eigenvalue weighted by atomic mass is 16.2. The fourth-order valence-corrected chi connectivity index (χ4v) is 2.00. The minimum atomic E-state index is -0.0422. The summed E-state index contributed by atoms with van der Waals surface area (Å²) in [6.07, 6.45) is 0.974. The van der Waals surface area contributed by atoms with Crippen LogP contribution in [-0.2, 0) is 13.0 Å². The van der Waals surface area contributed by atoms with E-state index < -0.39 is 0 Å². The summed E-state index contributed by atoms with van der Waals surface area (Å²) < 4.78 is 0. The highest BCUT2D eigenvalue weighted by Crippen LogP contribution is 2.23. The lowest BCUT2D eigenvalue weighted by Crippen LogP contribution is -2.32. The van der Waals surface area contributed by atoms with Crippen molar-refractivity contribution in [2.45, 2.75) is 19.9 Å². The Kier molecular flexibility index (Phi) is 3.64. The number of nitrogens with one attached hydrogen (secondary N) is 2. The Morgan fingerprint density at radius 3 is 3.12 bits per heavy atom. The van der Waals surface area contributed by atoms with Crippen molar-refractivity contribution >= 4 is 11.7 Å². The van der Waals surface area contributed by atoms with E-state index in [1.807, 2.05) is 19.1 Å². The molecule has 92 valence electrons. The monoisotopic (exact) mass is 233 g/mol. The molecule has 0 atom stereocenters. The van der Waals surface area contributed by atoms with Gasteiger partial charge in [-0.3, -0.25) is 0 Å². The van der Waals surface area contributed by atoms with E-state index in [0.29, 0.717) is 6.54 Å². The van der Waals surface area contributed by atoms with Crippen LogP contribution in [-0.4, -0.2) is 31.1 Å². The van der Waals surface area contributed by atoms with Gasteiger partial charge in [0.2, 0.25) is 0 Å². The van der Waals surface area contributed by atoms with Gasteiger partial charge < -0.3 is 15.5 Å².